The Morgan fingerprint density at radius 3 is 2.37 bits per heavy atom. The Morgan fingerprint density at radius 1 is 1.05 bits per heavy atom. The summed E-state index contributed by atoms with van der Waals surface area (Å²) in [6, 6.07) is 13.6. The van der Waals surface area contributed by atoms with Gasteiger partial charge >= 0.3 is 5.97 Å². The number of aliphatic hydroxyl groups excluding tert-OH is 1. The van der Waals surface area contributed by atoms with Crippen LogP contribution in [0.25, 0.3) is 11.1 Å². The fourth-order valence-electron chi connectivity index (χ4n) is 7.04. The molecule has 0 aliphatic heterocycles. The van der Waals surface area contributed by atoms with Gasteiger partial charge in [-0.25, -0.2) is 13.1 Å². The van der Waals surface area contributed by atoms with E-state index < -0.39 is 44.7 Å². The van der Waals surface area contributed by atoms with Crippen molar-refractivity contribution in [3.05, 3.63) is 65.5 Å². The molecule has 0 amide bonds. The van der Waals surface area contributed by atoms with Crippen molar-refractivity contribution >= 4 is 33.2 Å². The largest absolute Gasteiger partial charge is 0.480 e. The average Bonchev–Trinajstić information content (AvgIpc) is 3.73. The number of carbonyl (C=O) groups excluding carboxylic acids is 2. The summed E-state index contributed by atoms with van der Waals surface area (Å²) in [4.78, 5) is 37.0. The highest BCUT2D eigenvalue weighted by molar-refractivity contribution is 7.89. The Morgan fingerprint density at radius 2 is 1.77 bits per heavy atom. The summed E-state index contributed by atoms with van der Waals surface area (Å²) in [5, 5.41) is 26.4. The van der Waals surface area contributed by atoms with Crippen molar-refractivity contribution < 1.29 is 33.0 Å². The molecular weight excluding hydrogens is 570 g/mol. The van der Waals surface area contributed by atoms with Gasteiger partial charge in [-0.15, -0.1) is 0 Å². The molecule has 228 valence electrons. The number of fused-ring (bicyclic) bond motifs is 2. The molecule has 4 aliphatic rings. The molecule has 0 heterocycles. The highest BCUT2D eigenvalue weighted by Gasteiger charge is 2.65. The lowest BCUT2D eigenvalue weighted by Crippen LogP contribution is -2.49. The molecule has 0 radical (unpaired) electrons. The van der Waals surface area contributed by atoms with Crippen molar-refractivity contribution in [2.45, 2.75) is 70.6 Å². The van der Waals surface area contributed by atoms with Gasteiger partial charge in [0.1, 0.15) is 17.5 Å². The summed E-state index contributed by atoms with van der Waals surface area (Å²) in [7, 11) is -4.06. The highest BCUT2D eigenvalue weighted by atomic mass is 32.2. The van der Waals surface area contributed by atoms with Crippen molar-refractivity contribution in [3.63, 3.8) is 0 Å². The lowest BCUT2D eigenvalue weighted by atomic mass is 9.70. The Labute approximate surface area is 251 Å². The number of benzene rings is 2. The zero-order valence-electron chi connectivity index (χ0n) is 24.2. The average molecular weight is 608 g/mol. The molecule has 2 aromatic carbocycles. The van der Waals surface area contributed by atoms with Crippen LogP contribution in [0.2, 0.25) is 0 Å². The quantitative estimate of drug-likeness (QED) is 0.244. The number of hydrogen-bond donors (Lipinski definition) is 5. The molecule has 4 atom stereocenters. The Balaban J connectivity index is 1.13. The van der Waals surface area contributed by atoms with Gasteiger partial charge in [0, 0.05) is 23.6 Å². The lowest BCUT2D eigenvalue weighted by molar-refractivity contribution is -0.139. The molecule has 43 heavy (non-hydrogen) atoms. The minimum atomic E-state index is -4.06. The van der Waals surface area contributed by atoms with Crippen molar-refractivity contribution in [2.24, 2.45) is 16.7 Å². The second-order valence-electron chi connectivity index (χ2n) is 13.0. The number of nitrogens with one attached hydrogen (secondary N) is 3. The van der Waals surface area contributed by atoms with Crippen LogP contribution < -0.4 is 15.4 Å². The van der Waals surface area contributed by atoms with E-state index in [9.17, 15) is 33.0 Å². The van der Waals surface area contributed by atoms with Gasteiger partial charge in [-0.3, -0.25) is 14.4 Å². The molecule has 10 nitrogen and oxygen atoms in total. The van der Waals surface area contributed by atoms with E-state index >= 15 is 0 Å². The van der Waals surface area contributed by atoms with Gasteiger partial charge in [-0.1, -0.05) is 50.2 Å². The fraction of sp³-hybridized carbons (Fsp3) is 0.469. The summed E-state index contributed by atoms with van der Waals surface area (Å²) in [5.74, 6) is -1.87. The summed E-state index contributed by atoms with van der Waals surface area (Å²) in [6.07, 6.45) is 2.48. The third kappa shape index (κ3) is 5.38. The zero-order valence-corrected chi connectivity index (χ0v) is 25.0. The van der Waals surface area contributed by atoms with Crippen molar-refractivity contribution in [3.8, 4) is 11.1 Å². The van der Waals surface area contributed by atoms with E-state index in [-0.39, 0.29) is 29.9 Å². The van der Waals surface area contributed by atoms with E-state index in [0.29, 0.717) is 35.5 Å². The van der Waals surface area contributed by atoms with Gasteiger partial charge < -0.3 is 20.8 Å². The summed E-state index contributed by atoms with van der Waals surface area (Å²) < 4.78 is 28.8. The van der Waals surface area contributed by atoms with Crippen LogP contribution in [-0.4, -0.2) is 60.1 Å². The van der Waals surface area contributed by atoms with E-state index in [0.717, 1.165) is 30.4 Å². The molecule has 6 rings (SSSR count). The van der Waals surface area contributed by atoms with E-state index in [1.54, 1.807) is 12.1 Å². The Kier molecular flexibility index (Phi) is 7.26. The first-order chi connectivity index (χ1) is 20.3. The van der Waals surface area contributed by atoms with Crippen LogP contribution in [0.1, 0.15) is 51.5 Å². The van der Waals surface area contributed by atoms with Crippen LogP contribution in [-0.2, 0) is 30.8 Å². The molecule has 0 aromatic heterocycles. The first-order valence-electron chi connectivity index (χ1n) is 14.8. The Bertz CT molecular complexity index is 1630. The number of rotatable bonds is 12. The molecule has 2 unspecified atom stereocenters. The number of carboxylic acid groups (broad SMARTS) is 1. The smallest absolute Gasteiger partial charge is 0.322 e. The summed E-state index contributed by atoms with van der Waals surface area (Å²) in [6.45, 7) is 3.90. The minimum absolute atomic E-state index is 0.0368. The normalized spacial score (nSPS) is 26.8. The monoisotopic (exact) mass is 607 g/mol. The molecule has 4 aliphatic carbocycles. The predicted octanol–water partition coefficient (Wildman–Crippen LogP) is 2.98. The minimum Gasteiger partial charge on any atom is -0.480 e. The fourth-order valence-corrected chi connectivity index (χ4v) is 9.07. The highest BCUT2D eigenvalue weighted by Crippen LogP contribution is 2.64. The van der Waals surface area contributed by atoms with Crippen LogP contribution >= 0.6 is 0 Å². The van der Waals surface area contributed by atoms with Crippen LogP contribution in [0.3, 0.4) is 0 Å². The zero-order chi connectivity index (χ0) is 30.7. The molecule has 2 bridgehead atoms. The van der Waals surface area contributed by atoms with Crippen LogP contribution in [0.15, 0.2) is 59.9 Å². The third-order valence-electron chi connectivity index (χ3n) is 10.0. The number of ketones is 2. The van der Waals surface area contributed by atoms with Crippen molar-refractivity contribution in [1.82, 2.24) is 10.0 Å². The van der Waals surface area contributed by atoms with Crippen molar-refractivity contribution in [1.29, 1.82) is 0 Å². The number of carboxylic acids is 1. The van der Waals surface area contributed by atoms with Crippen LogP contribution in [0, 0.1) is 16.7 Å². The topological polar surface area (TPSA) is 162 Å². The van der Waals surface area contributed by atoms with Crippen LogP contribution in [0.5, 0.6) is 0 Å². The molecule has 11 heteroatoms. The second-order valence-corrected chi connectivity index (χ2v) is 14.8. The molecule has 3 fully saturated rings. The van der Waals surface area contributed by atoms with Gasteiger partial charge in [0.2, 0.25) is 15.8 Å². The molecular formula is C32H37N3O7S. The molecule has 3 saturated carbocycles. The molecule has 2 aromatic rings. The maximum Gasteiger partial charge on any atom is 0.322 e. The molecule has 5 N–H and O–H groups in total. The van der Waals surface area contributed by atoms with E-state index in [2.05, 4.69) is 15.4 Å². The molecule has 0 spiro atoms. The SMILES string of the molecule is CC1(C)[C@H]2CCC1(CS(=O)(=O)N[C@@H](Cc1ccc(-c3cccc(NC4=C(NC5CC5)C(=O)C4O)c3)cc1)C(=O)O)C(=O)C2. The lowest BCUT2D eigenvalue weighted by Gasteiger charge is -2.36. The number of anilines is 1. The number of aliphatic carboxylic acids is 1. The predicted molar refractivity (Wildman–Crippen MR) is 160 cm³/mol. The summed E-state index contributed by atoms with van der Waals surface area (Å²) >= 11 is 0. The standard InChI is InChI=1S/C32H37N3O7S/c1-31(2)21-12-13-32(31,25(36)16-21)17-43(41,42)35-24(30(39)40)14-18-6-8-19(9-7-18)20-4-3-5-23(15-20)34-27-26(28(37)29(27)38)33-22-10-11-22/h3-9,15,21-22,24,29,33-35,38H,10-14,16-17H2,1-2H3,(H,39,40)/t21-,24-,29?,32?/m0/s1. The first-order valence-corrected chi connectivity index (χ1v) is 16.4. The maximum atomic E-state index is 13.2. The van der Waals surface area contributed by atoms with E-state index in [1.807, 2.05) is 50.2 Å². The van der Waals surface area contributed by atoms with Gasteiger partial charge in [0.05, 0.1) is 11.4 Å². The summed E-state index contributed by atoms with van der Waals surface area (Å²) in [5.41, 5.74) is 2.53. The number of sulfonamides is 1. The second kappa shape index (κ2) is 10.6. The third-order valence-corrected chi connectivity index (χ3v) is 11.5. The van der Waals surface area contributed by atoms with Gasteiger partial charge in [-0.2, -0.15) is 0 Å². The van der Waals surface area contributed by atoms with Crippen molar-refractivity contribution in [2.75, 3.05) is 11.1 Å². The Hall–Kier alpha value is -3.54. The van der Waals surface area contributed by atoms with E-state index in [4.69, 9.17) is 0 Å². The van der Waals surface area contributed by atoms with Gasteiger partial charge in [0.25, 0.3) is 0 Å². The molecule has 0 saturated heterocycles. The first kappa shape index (κ1) is 29.5. The maximum absolute atomic E-state index is 13.2. The van der Waals surface area contributed by atoms with Gasteiger partial charge in [0.15, 0.2) is 6.10 Å². The number of carbonyl (C=O) groups is 3. The number of aliphatic hydroxyl groups is 1. The number of Topliss-reactive ketones (excluding diaryl/α,β-unsaturated/α-hetero) is 2. The van der Waals surface area contributed by atoms with Gasteiger partial charge in [-0.05, 0) is 72.3 Å². The van der Waals surface area contributed by atoms with E-state index in [1.165, 1.54) is 0 Å². The number of hydrogen-bond acceptors (Lipinski definition) is 8. The van der Waals surface area contributed by atoms with Crippen LogP contribution in [0.4, 0.5) is 5.69 Å².